The third-order valence-electron chi connectivity index (χ3n) is 3.98. The Morgan fingerprint density at radius 3 is 2.69 bits per heavy atom. The Kier molecular flexibility index (Phi) is 6.93. The van der Waals surface area contributed by atoms with Crippen LogP contribution in [0, 0.1) is 5.92 Å². The second kappa shape index (κ2) is 8.42. The van der Waals surface area contributed by atoms with Gasteiger partial charge in [-0.1, -0.05) is 0 Å². The van der Waals surface area contributed by atoms with E-state index in [0.717, 1.165) is 16.7 Å². The predicted octanol–water partition coefficient (Wildman–Crippen LogP) is -0.371. The van der Waals surface area contributed by atoms with E-state index < -0.39 is 40.3 Å². The Morgan fingerprint density at radius 1 is 1.54 bits per heavy atom. The molecule has 3 N–H and O–H groups in total. The number of nitrogens with one attached hydrogen (secondary N) is 1. The fraction of sp³-hybridized carbons (Fsp3) is 0.462. The molecule has 0 aromatic rings. The summed E-state index contributed by atoms with van der Waals surface area (Å²) in [5.74, 6) is -2.93. The van der Waals surface area contributed by atoms with Gasteiger partial charge < -0.3 is 0 Å². The van der Waals surface area contributed by atoms with Crippen LogP contribution in [-0.4, -0.2) is 80.8 Å². The van der Waals surface area contributed by atoms with E-state index in [-0.39, 0.29) is 21.7 Å². The molecule has 0 aromatic heterocycles. The number of carbonyl (C=O) groups excluding carboxylic acids is 2. The molecule has 3 atom stereocenters. The Hall–Kier alpha value is -0.890. The molecule has 2 rings (SSSR count). The van der Waals surface area contributed by atoms with Gasteiger partial charge in [0.15, 0.2) is 0 Å². The van der Waals surface area contributed by atoms with E-state index in [1.54, 1.807) is 0 Å². The van der Waals surface area contributed by atoms with Gasteiger partial charge in [-0.2, -0.15) is 0 Å². The van der Waals surface area contributed by atoms with Crippen molar-refractivity contribution in [3.8, 4) is 0 Å². The second-order valence-electron chi connectivity index (χ2n) is 5.67. The molecule has 1 saturated heterocycles. The van der Waals surface area contributed by atoms with Crippen LogP contribution in [0.3, 0.4) is 0 Å². The number of aliphatic carboxylic acids is 1. The van der Waals surface area contributed by atoms with Crippen LogP contribution < -0.4 is 5.32 Å². The molecule has 138 valence electrons. The maximum absolute atomic E-state index is 12.4. The molecule has 13 heteroatoms. The van der Waals surface area contributed by atoms with Crippen molar-refractivity contribution in [3.05, 3.63) is 22.2 Å². The molecule has 0 bridgehead atoms. The van der Waals surface area contributed by atoms with Crippen LogP contribution in [0.25, 0.3) is 0 Å². The first-order chi connectivity index (χ1) is 12.1. The van der Waals surface area contributed by atoms with Crippen molar-refractivity contribution >= 4 is 67.9 Å². The fourth-order valence-electron chi connectivity index (χ4n) is 3.02. The van der Waals surface area contributed by atoms with Crippen LogP contribution in [0.15, 0.2) is 22.2 Å². The van der Waals surface area contributed by atoms with Crippen molar-refractivity contribution in [3.63, 3.8) is 0 Å². The van der Waals surface area contributed by atoms with Crippen molar-refractivity contribution in [2.24, 2.45) is 5.92 Å². The monoisotopic (exact) mass is 414 g/mol. The number of fused-ring (bicyclic) bond motifs is 1. The summed E-state index contributed by atoms with van der Waals surface area (Å²) in [5, 5.41) is 13.3. The Balaban J connectivity index is 2.18. The molecule has 0 aromatic carbocycles. The molecule has 26 heavy (non-hydrogen) atoms. The Morgan fingerprint density at radius 2 is 2.19 bits per heavy atom. The number of amides is 2. The van der Waals surface area contributed by atoms with Crippen molar-refractivity contribution in [2.45, 2.75) is 29.2 Å². The summed E-state index contributed by atoms with van der Waals surface area (Å²) in [5.41, 5.74) is -0.160. The van der Waals surface area contributed by atoms with E-state index in [1.807, 2.05) is 0 Å². The number of carboxylic acids is 1. The summed E-state index contributed by atoms with van der Waals surface area (Å²) in [4.78, 5) is 36.3. The normalized spacial score (nSPS) is 23.8. The van der Waals surface area contributed by atoms with E-state index in [9.17, 15) is 27.9 Å². The average Bonchev–Trinajstić information content (AvgIpc) is 2.84. The van der Waals surface area contributed by atoms with Gasteiger partial charge in [0.05, 0.1) is 0 Å². The number of rotatable bonds is 8. The van der Waals surface area contributed by atoms with Gasteiger partial charge in [-0.15, -0.1) is 0 Å². The minimum absolute atomic E-state index is 0.160. The summed E-state index contributed by atoms with van der Waals surface area (Å²) in [6.45, 7) is 1.32. The molecular formula is C13H15N2NaO8S2. The Labute approximate surface area is 171 Å². The summed E-state index contributed by atoms with van der Waals surface area (Å²) in [6, 6.07) is -0.536. The van der Waals surface area contributed by atoms with Crippen molar-refractivity contribution in [2.75, 3.05) is 0 Å². The van der Waals surface area contributed by atoms with Crippen LogP contribution in [-0.2, 0) is 29.0 Å². The third kappa shape index (κ3) is 4.68. The van der Waals surface area contributed by atoms with E-state index in [2.05, 4.69) is 9.50 Å². The molecule has 0 radical (unpaired) electrons. The number of thioether (sulfide) groups is 1. The molecule has 2 aliphatic rings. The van der Waals surface area contributed by atoms with Gasteiger partial charge >= 0.3 is 172 Å². The van der Waals surface area contributed by atoms with Gasteiger partial charge in [0.1, 0.15) is 0 Å². The van der Waals surface area contributed by atoms with Gasteiger partial charge in [-0.05, 0) is 0 Å². The van der Waals surface area contributed by atoms with Gasteiger partial charge in [-0.3, -0.25) is 0 Å². The molecule has 0 aliphatic carbocycles. The van der Waals surface area contributed by atoms with Gasteiger partial charge in [-0.25, -0.2) is 0 Å². The first kappa shape index (κ1) is 21.4. The zero-order chi connectivity index (χ0) is 19.6. The summed E-state index contributed by atoms with van der Waals surface area (Å²) < 4.78 is 35.7. The number of carbonyl (C=O) groups is 3. The van der Waals surface area contributed by atoms with Crippen molar-refractivity contribution in [1.82, 2.24) is 10.2 Å². The van der Waals surface area contributed by atoms with E-state index in [0.29, 0.717) is 32.8 Å². The number of nitrogens with zero attached hydrogens (tertiary/aromatic N) is 1. The topological polar surface area (TPSA) is 150 Å². The SMILES string of the molecule is CC(=O)NC=CSC1=C(C(=O)O)N2C(=O)[C@@H]([C@@H]([CH2][Na])OS(=O)(=O)O)[C@H]2C1. The van der Waals surface area contributed by atoms with Crippen LogP contribution in [0.5, 0.6) is 0 Å². The maximum atomic E-state index is 12.4. The number of carboxylic acid groups (broad SMARTS) is 1. The molecular weight excluding hydrogens is 399 g/mol. The number of hydrogen-bond acceptors (Lipinski definition) is 7. The average molecular weight is 414 g/mol. The van der Waals surface area contributed by atoms with Crippen LogP contribution in [0.1, 0.15) is 13.3 Å². The molecule has 10 nitrogen and oxygen atoms in total. The first-order valence-corrected chi connectivity index (χ1v) is 11.3. The molecule has 0 saturated carbocycles. The van der Waals surface area contributed by atoms with E-state index in [4.69, 9.17) is 4.55 Å². The van der Waals surface area contributed by atoms with Crippen molar-refractivity contribution < 1.29 is 36.6 Å². The molecule has 2 heterocycles. The summed E-state index contributed by atoms with van der Waals surface area (Å²) in [7, 11) is -4.71. The molecule has 0 unspecified atom stereocenters. The van der Waals surface area contributed by atoms with Gasteiger partial charge in [0.25, 0.3) is 0 Å². The van der Waals surface area contributed by atoms with Crippen molar-refractivity contribution in [1.29, 1.82) is 0 Å². The zero-order valence-corrected chi connectivity index (χ0v) is 17.5. The summed E-state index contributed by atoms with van der Waals surface area (Å²) >= 11 is 1.59. The first-order valence-electron chi connectivity index (χ1n) is 7.60. The van der Waals surface area contributed by atoms with Gasteiger partial charge in [0, 0.05) is 0 Å². The zero-order valence-electron chi connectivity index (χ0n) is 13.9. The summed E-state index contributed by atoms with van der Waals surface area (Å²) in [6.07, 6.45) is 0.565. The molecule has 1 fully saturated rings. The third-order valence-corrected chi connectivity index (χ3v) is 6.20. The van der Waals surface area contributed by atoms with E-state index in [1.165, 1.54) is 18.5 Å². The standard InChI is InChI=1S/C13H15N2O8S2.Na/c1-6(23-25(20,21)22)10-8-5-9(24-4-3-14-7(2)16)11(13(18)19)15(8)12(10)17;/h3-4,6,8,10H,1,5H2,2H3,(H,14,16)(H,18,19)(H,20,21,22);/t6-,8-,10+;/m1./s1. The van der Waals surface area contributed by atoms with Crippen LogP contribution in [0.2, 0.25) is 3.67 Å². The van der Waals surface area contributed by atoms with Crippen LogP contribution in [0.4, 0.5) is 0 Å². The second-order valence-corrected chi connectivity index (χ2v) is 8.54. The predicted molar refractivity (Wildman–Crippen MR) is 90.9 cm³/mol. The quantitative estimate of drug-likeness (QED) is 0.274. The minimum atomic E-state index is -4.71. The number of hydrogen-bond donors (Lipinski definition) is 3. The van der Waals surface area contributed by atoms with Gasteiger partial charge in [0.2, 0.25) is 0 Å². The number of β-lactam (4-membered cyclic amide) rings is 1. The fourth-order valence-corrected chi connectivity index (χ4v) is 5.37. The molecule has 2 amide bonds. The Bertz CT molecular complexity index is 794. The van der Waals surface area contributed by atoms with E-state index >= 15 is 0 Å². The molecule has 2 aliphatic heterocycles. The van der Waals surface area contributed by atoms with Crippen LogP contribution >= 0.6 is 11.8 Å². The molecule has 0 spiro atoms.